The van der Waals surface area contributed by atoms with E-state index in [2.05, 4.69) is 4.72 Å². The standard InChI is InChI=1S/C17H18FNO4S/c1-4-23-17(20)13-9-12(3)16(15(18)10-13)19-24(21,22)14-7-5-11(2)6-8-14/h5-10,19H,4H2,1-3H3. The van der Waals surface area contributed by atoms with Crippen LogP contribution in [0.1, 0.15) is 28.4 Å². The smallest absolute Gasteiger partial charge is 0.338 e. The van der Waals surface area contributed by atoms with Crippen molar-refractivity contribution in [3.05, 3.63) is 58.9 Å². The normalized spacial score (nSPS) is 11.2. The lowest BCUT2D eigenvalue weighted by molar-refractivity contribution is 0.0525. The molecule has 0 atom stereocenters. The second-order valence-electron chi connectivity index (χ2n) is 5.29. The van der Waals surface area contributed by atoms with Crippen LogP contribution in [0.4, 0.5) is 10.1 Å². The van der Waals surface area contributed by atoms with Crippen LogP contribution in [0.15, 0.2) is 41.3 Å². The van der Waals surface area contributed by atoms with Gasteiger partial charge in [-0.1, -0.05) is 17.7 Å². The first kappa shape index (κ1) is 17.9. The Bertz CT molecular complexity index is 838. The van der Waals surface area contributed by atoms with Crippen molar-refractivity contribution in [1.29, 1.82) is 0 Å². The van der Waals surface area contributed by atoms with Gasteiger partial charge in [0.05, 0.1) is 22.8 Å². The van der Waals surface area contributed by atoms with Crippen LogP contribution in [0.5, 0.6) is 0 Å². The maximum absolute atomic E-state index is 14.3. The van der Waals surface area contributed by atoms with E-state index in [1.165, 1.54) is 25.1 Å². The topological polar surface area (TPSA) is 72.5 Å². The van der Waals surface area contributed by atoms with E-state index in [9.17, 15) is 17.6 Å². The summed E-state index contributed by atoms with van der Waals surface area (Å²) in [5, 5.41) is 0. The highest BCUT2D eigenvalue weighted by atomic mass is 32.2. The molecule has 0 bridgehead atoms. The number of esters is 1. The van der Waals surface area contributed by atoms with Gasteiger partial charge in [-0.2, -0.15) is 0 Å². The van der Waals surface area contributed by atoms with E-state index in [0.717, 1.165) is 11.6 Å². The number of aryl methyl sites for hydroxylation is 2. The van der Waals surface area contributed by atoms with Crippen LogP contribution in [0.3, 0.4) is 0 Å². The number of hydrogen-bond acceptors (Lipinski definition) is 4. The molecule has 0 saturated carbocycles. The summed E-state index contributed by atoms with van der Waals surface area (Å²) in [5.74, 6) is -1.50. The third-order valence-electron chi connectivity index (χ3n) is 3.37. The van der Waals surface area contributed by atoms with Crippen molar-refractivity contribution in [2.75, 3.05) is 11.3 Å². The van der Waals surface area contributed by atoms with Crippen molar-refractivity contribution in [2.45, 2.75) is 25.7 Å². The number of rotatable bonds is 5. The predicted octanol–water partition coefficient (Wildman–Crippen LogP) is 3.42. The highest BCUT2D eigenvalue weighted by molar-refractivity contribution is 7.92. The Balaban J connectivity index is 2.36. The van der Waals surface area contributed by atoms with E-state index >= 15 is 0 Å². The number of carbonyl (C=O) groups is 1. The van der Waals surface area contributed by atoms with E-state index in [1.807, 2.05) is 6.92 Å². The first-order valence-electron chi connectivity index (χ1n) is 7.31. The molecule has 0 unspecified atom stereocenters. The minimum Gasteiger partial charge on any atom is -0.462 e. The fourth-order valence-corrected chi connectivity index (χ4v) is 3.26. The summed E-state index contributed by atoms with van der Waals surface area (Å²) >= 11 is 0. The van der Waals surface area contributed by atoms with Crippen molar-refractivity contribution in [3.63, 3.8) is 0 Å². The molecule has 24 heavy (non-hydrogen) atoms. The highest BCUT2D eigenvalue weighted by Gasteiger charge is 2.20. The Morgan fingerprint density at radius 3 is 2.33 bits per heavy atom. The van der Waals surface area contributed by atoms with Crippen molar-refractivity contribution in [2.24, 2.45) is 0 Å². The number of anilines is 1. The molecular weight excluding hydrogens is 333 g/mol. The number of sulfonamides is 1. The van der Waals surface area contributed by atoms with Crippen LogP contribution < -0.4 is 4.72 Å². The number of nitrogens with one attached hydrogen (secondary N) is 1. The maximum Gasteiger partial charge on any atom is 0.338 e. The molecule has 0 aliphatic rings. The second kappa shape index (κ2) is 7.00. The summed E-state index contributed by atoms with van der Waals surface area (Å²) in [6.07, 6.45) is 0. The fourth-order valence-electron chi connectivity index (χ4n) is 2.12. The van der Waals surface area contributed by atoms with Crippen LogP contribution in [-0.4, -0.2) is 21.0 Å². The van der Waals surface area contributed by atoms with E-state index < -0.39 is 21.8 Å². The number of hydrogen-bond donors (Lipinski definition) is 1. The average molecular weight is 351 g/mol. The summed E-state index contributed by atoms with van der Waals surface area (Å²) in [6, 6.07) is 8.53. The molecule has 0 radical (unpaired) electrons. The van der Waals surface area contributed by atoms with E-state index in [-0.39, 0.29) is 28.3 Å². The lowest BCUT2D eigenvalue weighted by Crippen LogP contribution is -2.16. The van der Waals surface area contributed by atoms with Gasteiger partial charge in [0.15, 0.2) is 0 Å². The second-order valence-corrected chi connectivity index (χ2v) is 6.97. The Morgan fingerprint density at radius 2 is 1.79 bits per heavy atom. The Kier molecular flexibility index (Phi) is 5.23. The third kappa shape index (κ3) is 3.91. The number of halogens is 1. The molecule has 0 saturated heterocycles. The molecule has 5 nitrogen and oxygen atoms in total. The molecule has 0 aliphatic heterocycles. The van der Waals surface area contributed by atoms with E-state index in [0.29, 0.717) is 0 Å². The Labute approximate surface area is 140 Å². The molecule has 1 N–H and O–H groups in total. The van der Waals surface area contributed by atoms with Gasteiger partial charge in [-0.15, -0.1) is 0 Å². The largest absolute Gasteiger partial charge is 0.462 e. The van der Waals surface area contributed by atoms with Gasteiger partial charge in [0.25, 0.3) is 10.0 Å². The summed E-state index contributed by atoms with van der Waals surface area (Å²) < 4.78 is 46.1. The highest BCUT2D eigenvalue weighted by Crippen LogP contribution is 2.25. The fraction of sp³-hybridized carbons (Fsp3) is 0.235. The number of carbonyl (C=O) groups excluding carboxylic acids is 1. The summed E-state index contributed by atoms with van der Waals surface area (Å²) in [7, 11) is -3.92. The molecule has 2 aromatic carbocycles. The van der Waals surface area contributed by atoms with Crippen molar-refractivity contribution < 1.29 is 22.3 Å². The molecule has 0 aromatic heterocycles. The Hall–Kier alpha value is -2.41. The van der Waals surface area contributed by atoms with Gasteiger partial charge in [-0.3, -0.25) is 4.72 Å². The zero-order chi connectivity index (χ0) is 17.9. The molecule has 0 spiro atoms. The van der Waals surface area contributed by atoms with Gasteiger partial charge in [0.2, 0.25) is 0 Å². The first-order valence-corrected chi connectivity index (χ1v) is 8.79. The molecule has 0 heterocycles. The van der Waals surface area contributed by atoms with Crippen LogP contribution in [0.25, 0.3) is 0 Å². The molecule has 0 aliphatic carbocycles. The van der Waals surface area contributed by atoms with Crippen LogP contribution >= 0.6 is 0 Å². The summed E-state index contributed by atoms with van der Waals surface area (Å²) in [5.41, 5.74) is 1.04. The van der Waals surface area contributed by atoms with Crippen molar-refractivity contribution >= 4 is 21.7 Å². The maximum atomic E-state index is 14.3. The van der Waals surface area contributed by atoms with Gasteiger partial charge in [0.1, 0.15) is 5.82 Å². The van der Waals surface area contributed by atoms with Crippen LogP contribution in [0, 0.1) is 19.7 Å². The number of benzene rings is 2. The zero-order valence-electron chi connectivity index (χ0n) is 13.6. The first-order chi connectivity index (χ1) is 11.2. The zero-order valence-corrected chi connectivity index (χ0v) is 14.4. The van der Waals surface area contributed by atoms with Crippen LogP contribution in [-0.2, 0) is 14.8 Å². The summed E-state index contributed by atoms with van der Waals surface area (Å²) in [6.45, 7) is 5.16. The van der Waals surface area contributed by atoms with Gasteiger partial charge >= 0.3 is 5.97 Å². The predicted molar refractivity (Wildman–Crippen MR) is 89.1 cm³/mol. The molecule has 128 valence electrons. The van der Waals surface area contributed by atoms with Crippen molar-refractivity contribution in [3.8, 4) is 0 Å². The van der Waals surface area contributed by atoms with Crippen LogP contribution in [0.2, 0.25) is 0 Å². The average Bonchev–Trinajstić information content (AvgIpc) is 2.51. The monoisotopic (exact) mass is 351 g/mol. The minimum atomic E-state index is -3.92. The third-order valence-corrected chi connectivity index (χ3v) is 4.73. The molecule has 7 heteroatoms. The van der Waals surface area contributed by atoms with Gasteiger partial charge < -0.3 is 4.74 Å². The lowest BCUT2D eigenvalue weighted by Gasteiger charge is -2.13. The van der Waals surface area contributed by atoms with Gasteiger partial charge in [-0.25, -0.2) is 17.6 Å². The SMILES string of the molecule is CCOC(=O)c1cc(C)c(NS(=O)(=O)c2ccc(C)cc2)c(F)c1. The van der Waals surface area contributed by atoms with Crippen molar-refractivity contribution in [1.82, 2.24) is 0 Å². The molecular formula is C17H18FNO4S. The Morgan fingerprint density at radius 1 is 1.17 bits per heavy atom. The lowest BCUT2D eigenvalue weighted by atomic mass is 10.1. The summed E-state index contributed by atoms with van der Waals surface area (Å²) in [4.78, 5) is 11.7. The number of ether oxygens (including phenoxy) is 1. The van der Waals surface area contributed by atoms with E-state index in [4.69, 9.17) is 4.74 Å². The van der Waals surface area contributed by atoms with Gasteiger partial charge in [0, 0.05) is 0 Å². The molecule has 0 amide bonds. The molecule has 2 rings (SSSR count). The minimum absolute atomic E-state index is 0.0290. The molecule has 2 aromatic rings. The van der Waals surface area contributed by atoms with Gasteiger partial charge in [-0.05, 0) is 50.6 Å². The molecule has 0 fully saturated rings. The quantitative estimate of drug-likeness (QED) is 0.838. The van der Waals surface area contributed by atoms with E-state index in [1.54, 1.807) is 19.1 Å².